The highest BCUT2D eigenvalue weighted by atomic mass is 15.1. The van der Waals surface area contributed by atoms with Crippen LogP contribution in [0.5, 0.6) is 0 Å². The zero-order valence-electron chi connectivity index (χ0n) is 16.9. The number of pyridine rings is 1. The highest BCUT2D eigenvalue weighted by Crippen LogP contribution is 2.31. The fraction of sp³-hybridized carbons (Fsp3) is 0.0741. The molecule has 1 aromatic heterocycles. The van der Waals surface area contributed by atoms with Crippen LogP contribution < -0.4 is 9.47 Å². The Labute approximate surface area is 172 Å². The highest BCUT2D eigenvalue weighted by molar-refractivity contribution is 5.87. The maximum Gasteiger partial charge on any atom is 0.212 e. The normalized spacial score (nSPS) is 15.4. The maximum absolute atomic E-state index is 2.16. The number of aromatic nitrogens is 1. The lowest BCUT2D eigenvalue weighted by molar-refractivity contribution is -0.644. The fourth-order valence-electron chi connectivity index (χ4n) is 3.58. The lowest BCUT2D eigenvalue weighted by atomic mass is 10.00. The van der Waals surface area contributed by atoms with Crippen LogP contribution in [0.3, 0.4) is 0 Å². The molecule has 1 aliphatic heterocycles. The van der Waals surface area contributed by atoms with Crippen molar-refractivity contribution in [1.82, 2.24) is 0 Å². The molecule has 0 N–H and O–H groups in total. The van der Waals surface area contributed by atoms with Gasteiger partial charge in [-0.05, 0) is 29.3 Å². The summed E-state index contributed by atoms with van der Waals surface area (Å²) >= 11 is 0. The van der Waals surface area contributed by atoms with Gasteiger partial charge in [-0.1, -0.05) is 72.9 Å². The third-order valence-electron chi connectivity index (χ3n) is 5.14. The summed E-state index contributed by atoms with van der Waals surface area (Å²) in [4.78, 5) is 2.15. The summed E-state index contributed by atoms with van der Waals surface area (Å²) < 4.78 is 2.15. The first-order valence-corrected chi connectivity index (χ1v) is 9.83. The Morgan fingerprint density at radius 2 is 1.59 bits per heavy atom. The number of benzene rings is 2. The van der Waals surface area contributed by atoms with Crippen LogP contribution in [-0.2, 0) is 7.05 Å². The van der Waals surface area contributed by atoms with E-state index in [-0.39, 0.29) is 0 Å². The van der Waals surface area contributed by atoms with Crippen LogP contribution in [0.15, 0.2) is 110 Å². The van der Waals surface area contributed by atoms with E-state index in [2.05, 4.69) is 139 Å². The molecule has 0 bridgehead atoms. The van der Waals surface area contributed by atoms with Crippen molar-refractivity contribution >= 4 is 28.2 Å². The minimum Gasteiger partial charge on any atom is -0.351 e. The number of hydrogen-bond acceptors (Lipinski definition) is 1. The number of para-hydroxylation sites is 2. The van der Waals surface area contributed by atoms with Crippen LogP contribution in [0, 0.1) is 0 Å². The Hall–Kier alpha value is -3.65. The van der Waals surface area contributed by atoms with Gasteiger partial charge in [0, 0.05) is 36.6 Å². The first-order valence-electron chi connectivity index (χ1n) is 9.83. The molecule has 0 saturated carbocycles. The van der Waals surface area contributed by atoms with Gasteiger partial charge in [0.25, 0.3) is 0 Å². The van der Waals surface area contributed by atoms with Crippen LogP contribution in [0.4, 0.5) is 5.69 Å². The molecule has 142 valence electrons. The number of rotatable bonds is 4. The van der Waals surface area contributed by atoms with Gasteiger partial charge in [0.05, 0.1) is 5.39 Å². The monoisotopic (exact) mass is 377 g/mol. The van der Waals surface area contributed by atoms with Crippen LogP contribution in [-0.4, -0.2) is 7.05 Å². The van der Waals surface area contributed by atoms with Gasteiger partial charge >= 0.3 is 0 Å². The highest BCUT2D eigenvalue weighted by Gasteiger charge is 2.11. The number of nitrogens with zero attached hydrogens (tertiary/aromatic N) is 2. The molecule has 2 heteroatoms. The van der Waals surface area contributed by atoms with Crippen molar-refractivity contribution in [2.45, 2.75) is 0 Å². The van der Waals surface area contributed by atoms with Gasteiger partial charge in [0.2, 0.25) is 5.52 Å². The average molecular weight is 378 g/mol. The third kappa shape index (κ3) is 4.12. The second-order valence-electron chi connectivity index (χ2n) is 7.09. The van der Waals surface area contributed by atoms with Crippen molar-refractivity contribution in [1.29, 1.82) is 0 Å². The number of hydrogen-bond donors (Lipinski definition) is 0. The van der Waals surface area contributed by atoms with E-state index in [4.69, 9.17) is 0 Å². The fourth-order valence-corrected chi connectivity index (χ4v) is 3.58. The van der Waals surface area contributed by atoms with E-state index >= 15 is 0 Å². The summed E-state index contributed by atoms with van der Waals surface area (Å²) in [6.45, 7) is 0. The summed E-state index contributed by atoms with van der Waals surface area (Å²) in [7, 11) is 4.15. The second kappa shape index (κ2) is 8.57. The minimum absolute atomic E-state index is 1.22. The quantitative estimate of drug-likeness (QED) is 0.409. The SMILES string of the molecule is CN1C=CC(=CC=CC=CC=Cc2cc[n+](C)c3ccccc23)c2ccccc21. The van der Waals surface area contributed by atoms with Gasteiger partial charge in [-0.15, -0.1) is 0 Å². The van der Waals surface area contributed by atoms with Crippen LogP contribution in [0.2, 0.25) is 0 Å². The Bertz CT molecular complexity index is 1180. The molecule has 29 heavy (non-hydrogen) atoms. The Morgan fingerprint density at radius 1 is 0.828 bits per heavy atom. The van der Waals surface area contributed by atoms with Crippen LogP contribution >= 0.6 is 0 Å². The molecular formula is C27H25N2+. The van der Waals surface area contributed by atoms with Gasteiger partial charge in [0.15, 0.2) is 6.20 Å². The molecule has 4 rings (SSSR count). The van der Waals surface area contributed by atoms with Crippen molar-refractivity contribution in [2.24, 2.45) is 7.05 Å². The van der Waals surface area contributed by atoms with Gasteiger partial charge < -0.3 is 4.90 Å². The summed E-state index contributed by atoms with van der Waals surface area (Å²) in [5.41, 5.74) is 6.17. The molecule has 0 radical (unpaired) electrons. The largest absolute Gasteiger partial charge is 0.351 e. The predicted octanol–water partition coefficient (Wildman–Crippen LogP) is 5.84. The molecule has 0 fully saturated rings. The van der Waals surface area contributed by atoms with Gasteiger partial charge in [0.1, 0.15) is 7.05 Å². The Kier molecular flexibility index (Phi) is 5.53. The summed E-state index contributed by atoms with van der Waals surface area (Å²) in [6.07, 6.45) is 21.0. The van der Waals surface area contributed by atoms with Gasteiger partial charge in [-0.25, -0.2) is 4.57 Å². The third-order valence-corrected chi connectivity index (χ3v) is 5.14. The topological polar surface area (TPSA) is 7.12 Å². The molecule has 0 amide bonds. The summed E-state index contributed by atoms with van der Waals surface area (Å²) in [5, 5.41) is 1.26. The molecule has 2 aromatic carbocycles. The van der Waals surface area contributed by atoms with Gasteiger partial charge in [-0.2, -0.15) is 0 Å². The molecule has 0 spiro atoms. The van der Waals surface area contributed by atoms with Crippen molar-refractivity contribution in [3.8, 4) is 0 Å². The second-order valence-corrected chi connectivity index (χ2v) is 7.09. The van der Waals surface area contributed by atoms with E-state index in [1.54, 1.807) is 0 Å². The molecule has 2 heterocycles. The molecule has 3 aromatic rings. The first kappa shape index (κ1) is 18.7. The zero-order valence-corrected chi connectivity index (χ0v) is 16.9. The summed E-state index contributed by atoms with van der Waals surface area (Å²) in [6, 6.07) is 19.1. The van der Waals surface area contributed by atoms with Crippen molar-refractivity contribution < 1.29 is 4.57 Å². The average Bonchev–Trinajstić information content (AvgIpc) is 2.76. The zero-order chi connectivity index (χ0) is 20.1. The van der Waals surface area contributed by atoms with Crippen molar-refractivity contribution in [3.63, 3.8) is 0 Å². The van der Waals surface area contributed by atoms with E-state index < -0.39 is 0 Å². The molecular weight excluding hydrogens is 352 g/mol. The Balaban J connectivity index is 1.45. The lowest BCUT2D eigenvalue weighted by Gasteiger charge is -2.23. The van der Waals surface area contributed by atoms with E-state index in [1.165, 1.54) is 33.3 Å². The predicted molar refractivity (Wildman–Crippen MR) is 124 cm³/mol. The number of aryl methyl sites for hydroxylation is 1. The molecule has 0 saturated heterocycles. The van der Waals surface area contributed by atoms with Crippen molar-refractivity contribution in [3.05, 3.63) is 121 Å². The van der Waals surface area contributed by atoms with Crippen molar-refractivity contribution in [2.75, 3.05) is 11.9 Å². The van der Waals surface area contributed by atoms with E-state index in [9.17, 15) is 0 Å². The number of anilines is 1. The van der Waals surface area contributed by atoms with Crippen LogP contribution in [0.1, 0.15) is 11.1 Å². The minimum atomic E-state index is 1.22. The Morgan fingerprint density at radius 3 is 2.52 bits per heavy atom. The van der Waals surface area contributed by atoms with Gasteiger partial charge in [-0.3, -0.25) is 0 Å². The van der Waals surface area contributed by atoms with E-state index in [0.29, 0.717) is 0 Å². The van der Waals surface area contributed by atoms with Crippen LogP contribution in [0.25, 0.3) is 22.6 Å². The number of fused-ring (bicyclic) bond motifs is 2. The number of allylic oxidation sites excluding steroid dienone is 8. The molecule has 0 unspecified atom stereocenters. The van der Waals surface area contributed by atoms with E-state index in [0.717, 1.165) is 0 Å². The molecule has 1 aliphatic rings. The van der Waals surface area contributed by atoms with E-state index in [1.807, 2.05) is 0 Å². The summed E-state index contributed by atoms with van der Waals surface area (Å²) in [5.74, 6) is 0. The molecule has 2 nitrogen and oxygen atoms in total. The maximum atomic E-state index is 2.16. The molecule has 0 atom stereocenters. The molecule has 0 aliphatic carbocycles. The lowest BCUT2D eigenvalue weighted by Crippen LogP contribution is -2.28. The standard InChI is InChI=1S/C27H25N2/c1-28-20-18-22(24-14-8-10-16-26(24)28)12-6-4-3-5-7-13-23-19-21-29(2)27-17-11-9-15-25(23)27/h3-21H,1-2H3/q+1. The first-order chi connectivity index (χ1) is 14.2. The smallest absolute Gasteiger partial charge is 0.212 e.